The maximum Gasteiger partial charge on any atom is 0.229 e. The molecule has 41 heavy (non-hydrogen) atoms. The number of rotatable bonds is 14. The molecule has 2 heterocycles. The summed E-state index contributed by atoms with van der Waals surface area (Å²) in [6.45, 7) is 16.4. The number of anilines is 1. The fourth-order valence-corrected chi connectivity index (χ4v) is 4.62. The van der Waals surface area contributed by atoms with Crippen LogP contribution in [-0.4, -0.2) is 54.4 Å². The lowest BCUT2D eigenvalue weighted by Crippen LogP contribution is -2.33. The van der Waals surface area contributed by atoms with E-state index in [0.717, 1.165) is 56.7 Å². The standard InChI is InChI=1S/C21H28N2O2.C14H23NO/c1-4-18(14-16(3)24)21(25)23-20-13-12-19(22-20)7-5-6-17-10-8-15(2)9-11-17;1-5-12(2)6-7-13(3)10-15(4)14-8-9-16-11-14/h8-13,18,22H,4-7,14H2,1-3H3,(H,23,25);5-7,14H,3,8-11H2,1-2,4H3/b;7-6-,12-5-. The van der Waals surface area contributed by atoms with Crippen molar-refractivity contribution in [1.29, 1.82) is 0 Å². The zero-order chi connectivity index (χ0) is 30.2. The number of aromatic amines is 1. The first-order chi connectivity index (χ1) is 19.6. The lowest BCUT2D eigenvalue weighted by Gasteiger charge is -2.22. The molecule has 0 spiro atoms. The molecule has 0 bridgehead atoms. The van der Waals surface area contributed by atoms with Gasteiger partial charge in [-0.1, -0.05) is 67.1 Å². The first kappa shape index (κ1) is 34.0. The first-order valence-electron chi connectivity index (χ1n) is 14.9. The normalized spacial score (nSPS) is 16.0. The van der Waals surface area contributed by atoms with Crippen molar-refractivity contribution >= 4 is 17.5 Å². The van der Waals surface area contributed by atoms with E-state index in [-0.39, 0.29) is 17.6 Å². The van der Waals surface area contributed by atoms with Crippen LogP contribution >= 0.6 is 0 Å². The quantitative estimate of drug-likeness (QED) is 0.239. The molecule has 2 atom stereocenters. The highest BCUT2D eigenvalue weighted by Gasteiger charge is 2.20. The second-order valence-corrected chi connectivity index (χ2v) is 11.2. The minimum Gasteiger partial charge on any atom is -0.380 e. The van der Waals surface area contributed by atoms with Gasteiger partial charge < -0.3 is 19.8 Å². The van der Waals surface area contributed by atoms with E-state index in [1.807, 2.05) is 26.0 Å². The largest absolute Gasteiger partial charge is 0.380 e. The van der Waals surface area contributed by atoms with E-state index in [1.54, 1.807) is 0 Å². The number of ether oxygens (including phenoxy) is 1. The van der Waals surface area contributed by atoms with E-state index in [0.29, 0.717) is 24.7 Å². The van der Waals surface area contributed by atoms with E-state index in [4.69, 9.17) is 4.74 Å². The number of likely N-dealkylation sites (N-methyl/N-ethyl adjacent to an activating group) is 1. The Kier molecular flexibility index (Phi) is 15.1. The molecule has 2 N–H and O–H groups in total. The first-order valence-corrected chi connectivity index (χ1v) is 14.9. The number of hydrogen-bond donors (Lipinski definition) is 2. The second-order valence-electron chi connectivity index (χ2n) is 11.2. The maximum atomic E-state index is 12.2. The Morgan fingerprint density at radius 1 is 1.15 bits per heavy atom. The van der Waals surface area contributed by atoms with Crippen LogP contribution in [-0.2, 0) is 27.2 Å². The van der Waals surface area contributed by atoms with E-state index in [1.165, 1.54) is 23.6 Å². The van der Waals surface area contributed by atoms with Gasteiger partial charge in [0.2, 0.25) is 5.91 Å². The predicted octanol–water partition coefficient (Wildman–Crippen LogP) is 7.23. The number of aryl methyl sites for hydroxylation is 3. The van der Waals surface area contributed by atoms with Crippen LogP contribution in [0.15, 0.2) is 72.4 Å². The number of H-pyrrole nitrogens is 1. The predicted molar refractivity (Wildman–Crippen MR) is 171 cm³/mol. The van der Waals surface area contributed by atoms with Crippen molar-refractivity contribution in [3.8, 4) is 0 Å². The SMILES string of the molecule is C=C(/C=C\C(C)=C/C)CN(C)C1CCOC1.CCC(CC(C)=O)C(=O)Nc1ccc(CCCc2ccc(C)cc2)[nH]1. The van der Waals surface area contributed by atoms with Gasteiger partial charge in [0.05, 0.1) is 6.61 Å². The zero-order valence-corrected chi connectivity index (χ0v) is 26.1. The number of aromatic nitrogens is 1. The van der Waals surface area contributed by atoms with Gasteiger partial charge >= 0.3 is 0 Å². The molecular formula is C35H51N3O3. The van der Waals surface area contributed by atoms with Crippen LogP contribution in [0.2, 0.25) is 0 Å². The summed E-state index contributed by atoms with van der Waals surface area (Å²) in [7, 11) is 2.14. The molecule has 3 rings (SSSR count). The molecule has 0 radical (unpaired) electrons. The third-order valence-electron chi connectivity index (χ3n) is 7.45. The molecule has 1 fully saturated rings. The van der Waals surface area contributed by atoms with Crippen LogP contribution in [0.1, 0.15) is 70.2 Å². The number of carbonyl (C=O) groups is 2. The summed E-state index contributed by atoms with van der Waals surface area (Å²) in [5, 5.41) is 2.89. The molecule has 1 saturated heterocycles. The van der Waals surface area contributed by atoms with Gasteiger partial charge in [-0.25, -0.2) is 0 Å². The Morgan fingerprint density at radius 2 is 1.88 bits per heavy atom. The van der Waals surface area contributed by atoms with Crippen LogP contribution in [0.25, 0.3) is 0 Å². The molecule has 6 heteroatoms. The number of nitrogens with one attached hydrogen (secondary N) is 2. The lowest BCUT2D eigenvalue weighted by molar-refractivity contribution is -0.125. The summed E-state index contributed by atoms with van der Waals surface area (Å²) >= 11 is 0. The fourth-order valence-electron chi connectivity index (χ4n) is 4.62. The van der Waals surface area contributed by atoms with Crippen LogP contribution in [0, 0.1) is 12.8 Å². The van der Waals surface area contributed by atoms with Crippen molar-refractivity contribution in [2.75, 3.05) is 32.1 Å². The van der Waals surface area contributed by atoms with Crippen LogP contribution in [0.5, 0.6) is 0 Å². The van der Waals surface area contributed by atoms with Gasteiger partial charge in [-0.2, -0.15) is 0 Å². The monoisotopic (exact) mass is 561 g/mol. The van der Waals surface area contributed by atoms with Crippen molar-refractivity contribution < 1.29 is 14.3 Å². The van der Waals surface area contributed by atoms with Gasteiger partial charge in [-0.15, -0.1) is 0 Å². The van der Waals surface area contributed by atoms with E-state index in [2.05, 4.69) is 85.2 Å². The number of Topliss-reactive ketones (excluding diaryl/α,β-unsaturated/α-hetero) is 1. The van der Waals surface area contributed by atoms with Crippen molar-refractivity contribution in [2.45, 2.75) is 79.2 Å². The summed E-state index contributed by atoms with van der Waals surface area (Å²) in [6, 6.07) is 13.1. The third kappa shape index (κ3) is 13.3. The molecule has 1 aliphatic rings. The number of benzene rings is 1. The van der Waals surface area contributed by atoms with Crippen molar-refractivity contribution in [3.05, 3.63) is 89.2 Å². The minimum absolute atomic E-state index is 0.0466. The van der Waals surface area contributed by atoms with Gasteiger partial charge in [0.15, 0.2) is 0 Å². The fraction of sp³-hybridized carbons (Fsp3) is 0.486. The Balaban J connectivity index is 0.000000317. The molecule has 2 aromatic rings. The average molecular weight is 562 g/mol. The lowest BCUT2D eigenvalue weighted by atomic mass is 9.99. The molecule has 2 unspecified atom stereocenters. The zero-order valence-electron chi connectivity index (χ0n) is 26.1. The number of allylic oxidation sites excluding steroid dienone is 3. The summed E-state index contributed by atoms with van der Waals surface area (Å²) in [4.78, 5) is 29.1. The van der Waals surface area contributed by atoms with Crippen LogP contribution < -0.4 is 5.32 Å². The van der Waals surface area contributed by atoms with Gasteiger partial charge in [-0.05, 0) is 90.1 Å². The molecular weight excluding hydrogens is 510 g/mol. The molecule has 6 nitrogen and oxygen atoms in total. The highest BCUT2D eigenvalue weighted by molar-refractivity contribution is 5.94. The van der Waals surface area contributed by atoms with Gasteiger partial charge in [-0.3, -0.25) is 9.69 Å². The number of amides is 1. The minimum atomic E-state index is -0.259. The van der Waals surface area contributed by atoms with Crippen molar-refractivity contribution in [1.82, 2.24) is 9.88 Å². The summed E-state index contributed by atoms with van der Waals surface area (Å²) in [5.74, 6) is 0.402. The summed E-state index contributed by atoms with van der Waals surface area (Å²) in [5.41, 5.74) is 6.16. The highest BCUT2D eigenvalue weighted by atomic mass is 16.5. The smallest absolute Gasteiger partial charge is 0.229 e. The highest BCUT2D eigenvalue weighted by Crippen LogP contribution is 2.16. The van der Waals surface area contributed by atoms with Crippen LogP contribution in [0.3, 0.4) is 0 Å². The van der Waals surface area contributed by atoms with E-state index >= 15 is 0 Å². The van der Waals surface area contributed by atoms with Gasteiger partial charge in [0.25, 0.3) is 0 Å². The van der Waals surface area contributed by atoms with Gasteiger partial charge in [0.1, 0.15) is 11.6 Å². The number of nitrogens with zero attached hydrogens (tertiary/aromatic N) is 1. The molecule has 0 aliphatic carbocycles. The Bertz CT molecular complexity index is 1150. The summed E-state index contributed by atoms with van der Waals surface area (Å²) in [6.07, 6.45) is 11.4. The average Bonchev–Trinajstić information content (AvgIpc) is 3.64. The Morgan fingerprint density at radius 3 is 2.49 bits per heavy atom. The molecule has 1 aromatic carbocycles. The molecule has 0 saturated carbocycles. The Hall–Kier alpha value is -3.22. The molecule has 1 aromatic heterocycles. The second kappa shape index (κ2) is 18.3. The van der Waals surface area contributed by atoms with Gasteiger partial charge in [0, 0.05) is 37.2 Å². The molecule has 1 aliphatic heterocycles. The van der Waals surface area contributed by atoms with Crippen molar-refractivity contribution in [3.63, 3.8) is 0 Å². The van der Waals surface area contributed by atoms with Crippen LogP contribution in [0.4, 0.5) is 5.82 Å². The summed E-state index contributed by atoms with van der Waals surface area (Å²) < 4.78 is 5.38. The number of hydrogen-bond acceptors (Lipinski definition) is 4. The third-order valence-corrected chi connectivity index (χ3v) is 7.45. The molecule has 1 amide bonds. The topological polar surface area (TPSA) is 74.4 Å². The molecule has 224 valence electrons. The maximum absolute atomic E-state index is 12.2. The Labute approximate surface area is 247 Å². The van der Waals surface area contributed by atoms with E-state index < -0.39 is 0 Å². The van der Waals surface area contributed by atoms with Crippen molar-refractivity contribution in [2.24, 2.45) is 5.92 Å². The number of carbonyl (C=O) groups excluding carboxylic acids is 2. The van der Waals surface area contributed by atoms with E-state index in [9.17, 15) is 9.59 Å². The number of ketones is 1.